The molecule has 1 aromatic heterocycles. The molecule has 0 saturated heterocycles. The lowest BCUT2D eigenvalue weighted by molar-refractivity contribution is 0.0983. The molecule has 0 bridgehead atoms. The number of rotatable bonds is 5. The first-order chi connectivity index (χ1) is 9.24. The van der Waals surface area contributed by atoms with Crippen LogP contribution in [0.3, 0.4) is 0 Å². The van der Waals surface area contributed by atoms with E-state index in [1.807, 2.05) is 37.3 Å². The molecule has 4 heteroatoms. The molecule has 19 heavy (non-hydrogen) atoms. The largest absolute Gasteiger partial charge is 0.496 e. The van der Waals surface area contributed by atoms with Gasteiger partial charge in [0.25, 0.3) is 0 Å². The van der Waals surface area contributed by atoms with Gasteiger partial charge in [0.1, 0.15) is 11.4 Å². The summed E-state index contributed by atoms with van der Waals surface area (Å²) >= 11 is 1.57. The van der Waals surface area contributed by atoms with E-state index < -0.39 is 0 Å². The number of Topliss-reactive ketones (excluding diaryl/α,β-unsaturated/α-hetero) is 1. The van der Waals surface area contributed by atoms with E-state index in [2.05, 4.69) is 4.98 Å². The minimum absolute atomic E-state index is 0.0637. The maximum absolute atomic E-state index is 11.5. The minimum Gasteiger partial charge on any atom is -0.496 e. The number of para-hydroxylation sites is 1. The Bertz CT molecular complexity index is 567. The lowest BCUT2D eigenvalue weighted by Crippen LogP contribution is -1.99. The van der Waals surface area contributed by atoms with Crippen molar-refractivity contribution in [2.45, 2.75) is 23.1 Å². The van der Waals surface area contributed by atoms with Gasteiger partial charge in [-0.05, 0) is 24.3 Å². The normalized spacial score (nSPS) is 10.2. The van der Waals surface area contributed by atoms with Crippen LogP contribution in [0.15, 0.2) is 52.4 Å². The Morgan fingerprint density at radius 2 is 2.05 bits per heavy atom. The van der Waals surface area contributed by atoms with Gasteiger partial charge in [0.15, 0.2) is 5.78 Å². The summed E-state index contributed by atoms with van der Waals surface area (Å²) in [7, 11) is 1.65. The summed E-state index contributed by atoms with van der Waals surface area (Å²) in [6.07, 6.45) is 2.20. The van der Waals surface area contributed by atoms with Gasteiger partial charge in [0, 0.05) is 17.5 Å². The van der Waals surface area contributed by atoms with Crippen molar-refractivity contribution in [3.63, 3.8) is 0 Å². The van der Waals surface area contributed by atoms with Crippen molar-refractivity contribution in [1.29, 1.82) is 0 Å². The Morgan fingerprint density at radius 1 is 1.26 bits per heavy atom. The topological polar surface area (TPSA) is 39.2 Å². The Balaban J connectivity index is 2.17. The number of hydrogen-bond donors (Lipinski definition) is 0. The van der Waals surface area contributed by atoms with Crippen molar-refractivity contribution < 1.29 is 9.53 Å². The molecule has 0 unspecified atom stereocenters. The number of hydrogen-bond acceptors (Lipinski definition) is 4. The van der Waals surface area contributed by atoms with Crippen LogP contribution >= 0.6 is 11.8 Å². The lowest BCUT2D eigenvalue weighted by atomic mass is 10.2. The van der Waals surface area contributed by atoms with Crippen LogP contribution in [0.25, 0.3) is 0 Å². The molecule has 0 aliphatic carbocycles. The van der Waals surface area contributed by atoms with Crippen LogP contribution < -0.4 is 4.74 Å². The molecule has 0 radical (unpaired) electrons. The number of nitrogens with zero attached hydrogens (tertiary/aromatic N) is 1. The van der Waals surface area contributed by atoms with Crippen LogP contribution in [-0.4, -0.2) is 17.9 Å². The van der Waals surface area contributed by atoms with E-state index in [0.29, 0.717) is 12.1 Å². The molecule has 3 nitrogen and oxygen atoms in total. The molecule has 0 aliphatic rings. The summed E-state index contributed by atoms with van der Waals surface area (Å²) < 4.78 is 5.30. The van der Waals surface area contributed by atoms with Gasteiger partial charge in [-0.1, -0.05) is 30.8 Å². The van der Waals surface area contributed by atoms with E-state index in [0.717, 1.165) is 15.5 Å². The number of carbonyl (C=O) groups is 1. The number of pyridine rings is 1. The number of benzene rings is 1. The molecule has 0 amide bonds. The maximum atomic E-state index is 11.5. The predicted molar refractivity (Wildman–Crippen MR) is 76.0 cm³/mol. The number of carbonyl (C=O) groups excluding carboxylic acids is 1. The first-order valence-electron chi connectivity index (χ1n) is 6.04. The minimum atomic E-state index is 0.0637. The fraction of sp³-hybridized carbons (Fsp3) is 0.200. The van der Waals surface area contributed by atoms with Gasteiger partial charge in [-0.3, -0.25) is 9.78 Å². The first-order valence-corrected chi connectivity index (χ1v) is 6.86. The van der Waals surface area contributed by atoms with Crippen LogP contribution in [0, 0.1) is 0 Å². The van der Waals surface area contributed by atoms with Gasteiger partial charge in [-0.25, -0.2) is 0 Å². The summed E-state index contributed by atoms with van der Waals surface area (Å²) in [5, 5.41) is 0. The average Bonchev–Trinajstić information content (AvgIpc) is 2.48. The third-order valence-electron chi connectivity index (χ3n) is 2.64. The third-order valence-corrected chi connectivity index (χ3v) is 3.67. The summed E-state index contributed by atoms with van der Waals surface area (Å²) in [4.78, 5) is 17.7. The monoisotopic (exact) mass is 273 g/mol. The standard InChI is InChI=1S/C15H15NO2S/c1-3-13(17)12-9-8-11(10-16-12)19-15-7-5-4-6-14(15)18-2/h4-10H,3H2,1-2H3. The quantitative estimate of drug-likeness (QED) is 0.776. The van der Waals surface area contributed by atoms with Gasteiger partial charge in [0.05, 0.1) is 12.0 Å². The van der Waals surface area contributed by atoms with Crippen LogP contribution in [0.2, 0.25) is 0 Å². The summed E-state index contributed by atoms with van der Waals surface area (Å²) in [5.41, 5.74) is 0.520. The highest BCUT2D eigenvalue weighted by atomic mass is 32.2. The molecule has 0 atom stereocenters. The van der Waals surface area contributed by atoms with E-state index in [4.69, 9.17) is 4.74 Å². The smallest absolute Gasteiger partial charge is 0.180 e. The van der Waals surface area contributed by atoms with E-state index in [1.165, 1.54) is 0 Å². The molecule has 1 heterocycles. The second-order valence-electron chi connectivity index (χ2n) is 3.91. The van der Waals surface area contributed by atoms with Gasteiger partial charge in [-0.15, -0.1) is 0 Å². The number of ketones is 1. The highest BCUT2D eigenvalue weighted by Crippen LogP contribution is 2.34. The highest BCUT2D eigenvalue weighted by Gasteiger charge is 2.07. The van der Waals surface area contributed by atoms with Gasteiger partial charge in [-0.2, -0.15) is 0 Å². The molecule has 2 rings (SSSR count). The molecule has 2 aromatic rings. The van der Waals surface area contributed by atoms with Crippen molar-refractivity contribution in [3.05, 3.63) is 48.3 Å². The number of ether oxygens (including phenoxy) is 1. The van der Waals surface area contributed by atoms with Crippen molar-refractivity contribution in [2.75, 3.05) is 7.11 Å². The molecule has 0 spiro atoms. The molecule has 0 N–H and O–H groups in total. The molecule has 98 valence electrons. The zero-order valence-corrected chi connectivity index (χ0v) is 11.7. The maximum Gasteiger partial charge on any atom is 0.180 e. The van der Waals surface area contributed by atoms with Crippen molar-refractivity contribution >= 4 is 17.5 Å². The second-order valence-corrected chi connectivity index (χ2v) is 5.02. The Hall–Kier alpha value is -1.81. The van der Waals surface area contributed by atoms with Crippen LogP contribution in [0.4, 0.5) is 0 Å². The third kappa shape index (κ3) is 3.35. The second kappa shape index (κ2) is 6.38. The molecule has 0 aliphatic heterocycles. The fourth-order valence-electron chi connectivity index (χ4n) is 1.62. The van der Waals surface area contributed by atoms with Crippen molar-refractivity contribution in [2.24, 2.45) is 0 Å². The van der Waals surface area contributed by atoms with E-state index in [1.54, 1.807) is 31.1 Å². The highest BCUT2D eigenvalue weighted by molar-refractivity contribution is 7.99. The Morgan fingerprint density at radius 3 is 2.68 bits per heavy atom. The number of aromatic nitrogens is 1. The Labute approximate surface area is 117 Å². The Kier molecular flexibility index (Phi) is 4.58. The lowest BCUT2D eigenvalue weighted by Gasteiger charge is -2.07. The van der Waals surface area contributed by atoms with Gasteiger partial charge in [0.2, 0.25) is 0 Å². The summed E-state index contributed by atoms with van der Waals surface area (Å²) in [6.45, 7) is 1.83. The zero-order valence-electron chi connectivity index (χ0n) is 10.9. The molecule has 0 saturated carbocycles. The summed E-state index contributed by atoms with van der Waals surface area (Å²) in [5.74, 6) is 0.898. The van der Waals surface area contributed by atoms with E-state index >= 15 is 0 Å². The van der Waals surface area contributed by atoms with Crippen molar-refractivity contribution in [3.8, 4) is 5.75 Å². The van der Waals surface area contributed by atoms with E-state index in [9.17, 15) is 4.79 Å². The number of methoxy groups -OCH3 is 1. The molecular weight excluding hydrogens is 258 g/mol. The summed E-state index contributed by atoms with van der Waals surface area (Å²) in [6, 6.07) is 11.5. The zero-order chi connectivity index (χ0) is 13.7. The molecular formula is C15H15NO2S. The van der Waals surface area contributed by atoms with Crippen LogP contribution in [0.5, 0.6) is 5.75 Å². The van der Waals surface area contributed by atoms with Crippen LogP contribution in [0.1, 0.15) is 23.8 Å². The van der Waals surface area contributed by atoms with E-state index in [-0.39, 0.29) is 5.78 Å². The predicted octanol–water partition coefficient (Wildman–Crippen LogP) is 3.83. The van der Waals surface area contributed by atoms with Crippen LogP contribution in [-0.2, 0) is 0 Å². The average molecular weight is 273 g/mol. The van der Waals surface area contributed by atoms with Gasteiger partial charge < -0.3 is 4.74 Å². The first kappa shape index (κ1) is 13.6. The van der Waals surface area contributed by atoms with Gasteiger partial charge >= 0.3 is 0 Å². The van der Waals surface area contributed by atoms with Crippen molar-refractivity contribution in [1.82, 2.24) is 4.98 Å². The fourth-order valence-corrected chi connectivity index (χ4v) is 2.51. The molecule has 1 aromatic carbocycles. The SMILES string of the molecule is CCC(=O)c1ccc(Sc2ccccc2OC)cn1. The molecule has 0 fully saturated rings.